The quantitative estimate of drug-likeness (QED) is 0.548. The predicted molar refractivity (Wildman–Crippen MR) is 94.4 cm³/mol. The summed E-state index contributed by atoms with van der Waals surface area (Å²) < 4.78 is 0. The fourth-order valence-corrected chi connectivity index (χ4v) is 2.67. The number of piperidine rings is 1. The Morgan fingerprint density at radius 1 is 1.19 bits per heavy atom. The van der Waals surface area contributed by atoms with E-state index in [0.717, 1.165) is 12.2 Å². The lowest BCUT2D eigenvalue weighted by Crippen LogP contribution is -2.32. The van der Waals surface area contributed by atoms with Crippen LogP contribution in [0.4, 0.5) is 0 Å². The summed E-state index contributed by atoms with van der Waals surface area (Å²) >= 11 is 0. The van der Waals surface area contributed by atoms with Crippen LogP contribution in [0.3, 0.4) is 0 Å². The maximum absolute atomic E-state index is 4.14. The molecule has 120 valence electrons. The van der Waals surface area contributed by atoms with Gasteiger partial charge in [-0.15, -0.1) is 0 Å². The topological polar surface area (TPSA) is 15.3 Å². The average molecular weight is 290 g/mol. The number of hydrogen-bond acceptors (Lipinski definition) is 2. The van der Waals surface area contributed by atoms with E-state index in [1.54, 1.807) is 0 Å². The first-order chi connectivity index (χ1) is 9.93. The van der Waals surface area contributed by atoms with Crippen LogP contribution in [-0.2, 0) is 0 Å². The van der Waals surface area contributed by atoms with E-state index in [4.69, 9.17) is 0 Å². The zero-order chi connectivity index (χ0) is 15.7. The van der Waals surface area contributed by atoms with Gasteiger partial charge in [-0.3, -0.25) is 0 Å². The van der Waals surface area contributed by atoms with Crippen molar-refractivity contribution in [2.75, 3.05) is 26.2 Å². The average Bonchev–Trinajstić information content (AvgIpc) is 2.43. The number of rotatable bonds is 7. The summed E-state index contributed by atoms with van der Waals surface area (Å²) in [6.45, 7) is 17.7. The molecule has 1 aliphatic rings. The molecule has 0 aliphatic carbocycles. The van der Waals surface area contributed by atoms with Crippen molar-refractivity contribution in [2.24, 2.45) is 5.41 Å². The number of nitrogens with zero attached hydrogens (tertiary/aromatic N) is 1. The molecule has 0 aromatic rings. The first-order valence-electron chi connectivity index (χ1n) is 8.43. The lowest BCUT2D eigenvalue weighted by Gasteiger charge is -2.26. The zero-order valence-electron chi connectivity index (χ0n) is 14.5. The zero-order valence-corrected chi connectivity index (χ0v) is 14.5. The van der Waals surface area contributed by atoms with Crippen molar-refractivity contribution in [3.8, 4) is 0 Å². The molecular weight excluding hydrogens is 256 g/mol. The molecule has 2 nitrogen and oxygen atoms in total. The molecule has 0 aromatic heterocycles. The smallest absolute Gasteiger partial charge is 0.0270 e. The minimum absolute atomic E-state index is 0.158. The molecule has 0 saturated carbocycles. The molecule has 0 atom stereocenters. The van der Waals surface area contributed by atoms with Crippen LogP contribution in [0.25, 0.3) is 0 Å². The minimum Gasteiger partial charge on any atom is -0.385 e. The predicted octanol–water partition coefficient (Wildman–Crippen LogP) is 4.51. The number of likely N-dealkylation sites (tertiary alicyclic amines) is 1. The molecule has 0 aromatic carbocycles. The summed E-state index contributed by atoms with van der Waals surface area (Å²) in [5.41, 5.74) is 2.50. The van der Waals surface area contributed by atoms with Crippen LogP contribution in [0.2, 0.25) is 0 Å². The van der Waals surface area contributed by atoms with Crippen molar-refractivity contribution in [1.29, 1.82) is 0 Å². The highest BCUT2D eigenvalue weighted by Crippen LogP contribution is 2.26. The Morgan fingerprint density at radius 3 is 2.43 bits per heavy atom. The highest BCUT2D eigenvalue weighted by Gasteiger charge is 2.14. The van der Waals surface area contributed by atoms with Crippen molar-refractivity contribution >= 4 is 0 Å². The fraction of sp³-hybridized carbons (Fsp3) is 0.684. The highest BCUT2D eigenvalue weighted by atomic mass is 15.1. The van der Waals surface area contributed by atoms with E-state index in [0.29, 0.717) is 0 Å². The van der Waals surface area contributed by atoms with Gasteiger partial charge in [0.05, 0.1) is 0 Å². The van der Waals surface area contributed by atoms with Crippen LogP contribution >= 0.6 is 0 Å². The van der Waals surface area contributed by atoms with Crippen LogP contribution < -0.4 is 5.32 Å². The molecule has 1 saturated heterocycles. The molecule has 2 heteroatoms. The van der Waals surface area contributed by atoms with Gasteiger partial charge in [0.1, 0.15) is 0 Å². The van der Waals surface area contributed by atoms with Gasteiger partial charge in [-0.25, -0.2) is 0 Å². The molecule has 1 N–H and O–H groups in total. The monoisotopic (exact) mass is 290 g/mol. The Balaban J connectivity index is 2.31. The standard InChI is InChI=1S/C19H34N2/c1-6-11-18(19(3,4)5)16-17(2)20-12-10-15-21-13-8-7-9-14-21/h6,11,16,20H,2,7-10,12-15H2,1,3-5H3/b11-6-,18-16+. The third-order valence-corrected chi connectivity index (χ3v) is 3.99. The molecular formula is C19H34N2. The molecule has 1 heterocycles. The van der Waals surface area contributed by atoms with E-state index in [1.807, 2.05) is 0 Å². The Kier molecular flexibility index (Phi) is 7.81. The first-order valence-corrected chi connectivity index (χ1v) is 8.43. The van der Waals surface area contributed by atoms with Gasteiger partial charge in [0.2, 0.25) is 0 Å². The van der Waals surface area contributed by atoms with E-state index in [1.165, 1.54) is 50.9 Å². The Morgan fingerprint density at radius 2 is 1.86 bits per heavy atom. The molecule has 0 amide bonds. The molecule has 0 radical (unpaired) electrons. The van der Waals surface area contributed by atoms with E-state index < -0.39 is 0 Å². The maximum Gasteiger partial charge on any atom is 0.0270 e. The van der Waals surface area contributed by atoms with Crippen LogP contribution in [-0.4, -0.2) is 31.1 Å². The van der Waals surface area contributed by atoms with Gasteiger partial charge >= 0.3 is 0 Å². The third kappa shape index (κ3) is 7.52. The Labute approximate surface area is 132 Å². The summed E-state index contributed by atoms with van der Waals surface area (Å²) in [7, 11) is 0. The second-order valence-corrected chi connectivity index (χ2v) is 7.06. The normalized spacial score (nSPS) is 18.2. The number of nitrogens with one attached hydrogen (secondary N) is 1. The highest BCUT2D eigenvalue weighted by molar-refractivity contribution is 5.31. The van der Waals surface area contributed by atoms with Crippen LogP contribution in [0, 0.1) is 5.41 Å². The van der Waals surface area contributed by atoms with E-state index in [-0.39, 0.29) is 5.41 Å². The lowest BCUT2D eigenvalue weighted by atomic mass is 9.85. The van der Waals surface area contributed by atoms with Crippen molar-refractivity contribution < 1.29 is 0 Å². The number of hydrogen-bond donors (Lipinski definition) is 1. The van der Waals surface area contributed by atoms with Crippen molar-refractivity contribution in [2.45, 2.75) is 53.4 Å². The summed E-state index contributed by atoms with van der Waals surface area (Å²) in [5, 5.41) is 3.45. The van der Waals surface area contributed by atoms with Gasteiger partial charge in [0.25, 0.3) is 0 Å². The summed E-state index contributed by atoms with van der Waals surface area (Å²) in [6, 6.07) is 0. The van der Waals surface area contributed by atoms with Crippen molar-refractivity contribution in [1.82, 2.24) is 10.2 Å². The van der Waals surface area contributed by atoms with Gasteiger partial charge in [-0.1, -0.05) is 45.9 Å². The fourth-order valence-electron chi connectivity index (χ4n) is 2.67. The first kappa shape index (κ1) is 18.0. The summed E-state index contributed by atoms with van der Waals surface area (Å²) in [4.78, 5) is 2.59. The SMILES string of the molecule is C=C(/C=C(\C=C/C)C(C)(C)C)NCCCN1CCCCC1. The van der Waals surface area contributed by atoms with Crippen LogP contribution in [0.15, 0.2) is 36.1 Å². The second kappa shape index (κ2) is 9.09. The van der Waals surface area contributed by atoms with Gasteiger partial charge < -0.3 is 10.2 Å². The summed E-state index contributed by atoms with van der Waals surface area (Å²) in [5.74, 6) is 0. The maximum atomic E-state index is 4.14. The summed E-state index contributed by atoms with van der Waals surface area (Å²) in [6.07, 6.45) is 11.8. The molecule has 1 rings (SSSR count). The number of allylic oxidation sites excluding steroid dienone is 4. The van der Waals surface area contributed by atoms with Crippen molar-refractivity contribution in [3.63, 3.8) is 0 Å². The Bertz CT molecular complexity index is 366. The largest absolute Gasteiger partial charge is 0.385 e. The molecule has 1 aliphatic heterocycles. The second-order valence-electron chi connectivity index (χ2n) is 7.06. The molecule has 0 spiro atoms. The van der Waals surface area contributed by atoms with Gasteiger partial charge in [-0.2, -0.15) is 0 Å². The lowest BCUT2D eigenvalue weighted by molar-refractivity contribution is 0.226. The molecule has 0 unspecified atom stereocenters. The van der Waals surface area contributed by atoms with Gasteiger partial charge in [0, 0.05) is 12.2 Å². The van der Waals surface area contributed by atoms with Gasteiger partial charge in [0.15, 0.2) is 0 Å². The molecule has 0 bridgehead atoms. The van der Waals surface area contributed by atoms with E-state index in [2.05, 4.69) is 62.7 Å². The third-order valence-electron chi connectivity index (χ3n) is 3.99. The van der Waals surface area contributed by atoms with Gasteiger partial charge in [-0.05, 0) is 62.9 Å². The van der Waals surface area contributed by atoms with E-state index >= 15 is 0 Å². The van der Waals surface area contributed by atoms with E-state index in [9.17, 15) is 0 Å². The van der Waals surface area contributed by atoms with Crippen molar-refractivity contribution in [3.05, 3.63) is 36.1 Å². The molecule has 1 fully saturated rings. The minimum atomic E-state index is 0.158. The van der Waals surface area contributed by atoms with Crippen LogP contribution in [0.5, 0.6) is 0 Å². The Hall–Kier alpha value is -1.02. The van der Waals surface area contributed by atoms with Crippen LogP contribution in [0.1, 0.15) is 53.4 Å². The molecule has 21 heavy (non-hydrogen) atoms.